The number of anilines is 1. The van der Waals surface area contributed by atoms with Gasteiger partial charge in [-0.25, -0.2) is 32.1 Å². The molecular formula is C35H32N4O8S. The molecule has 0 N–H and O–H groups in total. The number of para-hydroxylation sites is 1. The number of nitriles is 1. The van der Waals surface area contributed by atoms with Crippen LogP contribution in [0.4, 0.5) is 5.69 Å². The summed E-state index contributed by atoms with van der Waals surface area (Å²) in [6.07, 6.45) is -0.158. The first-order chi connectivity index (χ1) is 23.1. The van der Waals surface area contributed by atoms with Crippen LogP contribution in [-0.4, -0.2) is 68.9 Å². The van der Waals surface area contributed by atoms with Crippen molar-refractivity contribution in [2.45, 2.75) is 49.2 Å². The van der Waals surface area contributed by atoms with Crippen molar-refractivity contribution in [3.05, 3.63) is 107 Å². The molecule has 0 aliphatic carbocycles. The number of hydrogen-bond donors (Lipinski definition) is 0. The molecule has 1 saturated heterocycles. The van der Waals surface area contributed by atoms with Gasteiger partial charge < -0.3 is 19.1 Å². The fourth-order valence-corrected chi connectivity index (χ4v) is 8.58. The number of carbonyl (C=O) groups excluding carboxylic acids is 3. The average molecular weight is 669 g/mol. The molecule has 6 rings (SSSR count). The summed E-state index contributed by atoms with van der Waals surface area (Å²) in [5, 5.41) is 9.37. The van der Waals surface area contributed by atoms with Crippen LogP contribution >= 0.6 is 0 Å². The van der Waals surface area contributed by atoms with E-state index in [2.05, 4.69) is 11.1 Å². The average Bonchev–Trinajstić information content (AvgIpc) is 3.60. The Morgan fingerprint density at radius 2 is 1.58 bits per heavy atom. The molecule has 1 unspecified atom stereocenters. The number of amidine groups is 1. The van der Waals surface area contributed by atoms with E-state index in [0.29, 0.717) is 16.8 Å². The summed E-state index contributed by atoms with van der Waals surface area (Å²) in [5.74, 6) is -2.73. The van der Waals surface area contributed by atoms with Crippen LogP contribution in [0.5, 0.6) is 0 Å². The smallest absolute Gasteiger partial charge is 0.357 e. The predicted molar refractivity (Wildman–Crippen MR) is 173 cm³/mol. The van der Waals surface area contributed by atoms with Gasteiger partial charge >= 0.3 is 17.9 Å². The zero-order chi connectivity index (χ0) is 34.2. The molecule has 3 heterocycles. The quantitative estimate of drug-likeness (QED) is 0.244. The summed E-state index contributed by atoms with van der Waals surface area (Å²) in [7, 11) is -3.32. The van der Waals surface area contributed by atoms with Crippen molar-refractivity contribution in [3.63, 3.8) is 0 Å². The maximum atomic E-state index is 14.5. The zero-order valence-electron chi connectivity index (χ0n) is 26.5. The van der Waals surface area contributed by atoms with E-state index in [1.807, 2.05) is 17.0 Å². The van der Waals surface area contributed by atoms with E-state index in [9.17, 15) is 28.1 Å². The van der Waals surface area contributed by atoms with Crippen molar-refractivity contribution in [2.75, 3.05) is 25.2 Å². The number of esters is 3. The number of fused-ring (bicyclic) bond motifs is 1. The lowest BCUT2D eigenvalue weighted by Gasteiger charge is -2.40. The van der Waals surface area contributed by atoms with Gasteiger partial charge in [0.05, 0.1) is 53.9 Å². The second-order valence-electron chi connectivity index (χ2n) is 11.3. The fourth-order valence-electron chi connectivity index (χ4n) is 6.92. The number of rotatable bonds is 9. The van der Waals surface area contributed by atoms with E-state index in [1.165, 1.54) is 19.2 Å². The Hall–Kier alpha value is -5.48. The van der Waals surface area contributed by atoms with Gasteiger partial charge in [0, 0.05) is 12.2 Å². The maximum absolute atomic E-state index is 14.5. The van der Waals surface area contributed by atoms with Crippen LogP contribution in [0.1, 0.15) is 37.0 Å². The highest BCUT2D eigenvalue weighted by atomic mass is 32.2. The molecule has 3 aliphatic rings. The number of benzene rings is 3. The third-order valence-corrected chi connectivity index (χ3v) is 10.6. The molecule has 3 aliphatic heterocycles. The molecule has 0 aromatic heterocycles. The summed E-state index contributed by atoms with van der Waals surface area (Å²) in [6, 6.07) is 21.3. The van der Waals surface area contributed by atoms with Gasteiger partial charge in [0.15, 0.2) is 5.70 Å². The second kappa shape index (κ2) is 12.6. The van der Waals surface area contributed by atoms with Crippen molar-refractivity contribution in [1.29, 1.82) is 5.26 Å². The van der Waals surface area contributed by atoms with Crippen LogP contribution in [0.3, 0.4) is 0 Å². The molecule has 3 aromatic rings. The third-order valence-electron chi connectivity index (χ3n) is 8.80. The largest absolute Gasteiger partial charge is 0.467 e. The van der Waals surface area contributed by atoms with Crippen molar-refractivity contribution in [1.82, 2.24) is 4.31 Å². The number of ether oxygens (including phenoxy) is 3. The summed E-state index contributed by atoms with van der Waals surface area (Å²) in [5.41, 5.74) is 0.484. The monoisotopic (exact) mass is 668 g/mol. The Morgan fingerprint density at radius 3 is 2.23 bits per heavy atom. The molecule has 3 atom stereocenters. The summed E-state index contributed by atoms with van der Waals surface area (Å²) >= 11 is 0. The number of nitrogens with zero attached hydrogens (tertiary/aromatic N) is 4. The first kappa shape index (κ1) is 32.5. The Labute approximate surface area is 277 Å². The highest BCUT2D eigenvalue weighted by Crippen LogP contribution is 2.59. The highest BCUT2D eigenvalue weighted by Gasteiger charge is 2.68. The minimum Gasteiger partial charge on any atom is -0.467 e. The number of sulfonamides is 1. The van der Waals surface area contributed by atoms with Gasteiger partial charge in [0.1, 0.15) is 11.9 Å². The SMILES string of the molecule is CCOC(=O)C1=C(C(=O)OCC)C2N(Cc3ccc(C#N)cc3)c3ccccc3[C@@]23C[C@@H](C(=O)OC)N(S(=O)(=O)c2ccccc2)C3=N1. The predicted octanol–water partition coefficient (Wildman–Crippen LogP) is 3.61. The van der Waals surface area contributed by atoms with E-state index in [-0.39, 0.29) is 42.5 Å². The first-order valence-electron chi connectivity index (χ1n) is 15.3. The van der Waals surface area contributed by atoms with E-state index < -0.39 is 51.1 Å². The van der Waals surface area contributed by atoms with Crippen LogP contribution < -0.4 is 4.90 Å². The van der Waals surface area contributed by atoms with Gasteiger partial charge in [0.25, 0.3) is 10.0 Å². The first-order valence-corrected chi connectivity index (χ1v) is 16.8. The Morgan fingerprint density at radius 1 is 0.938 bits per heavy atom. The Balaban J connectivity index is 1.69. The lowest BCUT2D eigenvalue weighted by Crippen LogP contribution is -2.55. The molecule has 246 valence electrons. The van der Waals surface area contributed by atoms with Gasteiger partial charge in [0.2, 0.25) is 0 Å². The molecule has 3 aromatic carbocycles. The topological polar surface area (TPSA) is 156 Å². The molecule has 0 saturated carbocycles. The van der Waals surface area contributed by atoms with Crippen LogP contribution in [-0.2, 0) is 50.6 Å². The van der Waals surface area contributed by atoms with Crippen molar-refractivity contribution < 1.29 is 37.0 Å². The van der Waals surface area contributed by atoms with Gasteiger partial charge in [-0.05, 0) is 61.7 Å². The number of hydrogen-bond acceptors (Lipinski definition) is 11. The van der Waals surface area contributed by atoms with Crippen LogP contribution in [0, 0.1) is 11.3 Å². The molecular weight excluding hydrogens is 636 g/mol. The van der Waals surface area contributed by atoms with Gasteiger partial charge in [-0.3, -0.25) is 0 Å². The minimum atomic E-state index is -4.49. The molecule has 48 heavy (non-hydrogen) atoms. The summed E-state index contributed by atoms with van der Waals surface area (Å²) in [4.78, 5) is 47.8. The van der Waals surface area contributed by atoms with E-state index >= 15 is 0 Å². The van der Waals surface area contributed by atoms with Crippen molar-refractivity contribution in [3.8, 4) is 6.07 Å². The highest BCUT2D eigenvalue weighted by molar-refractivity contribution is 7.89. The van der Waals surface area contributed by atoms with Crippen LogP contribution in [0.15, 0.2) is 100 Å². The number of methoxy groups -OCH3 is 1. The third kappa shape index (κ3) is 5.00. The molecule has 0 bridgehead atoms. The normalized spacial score (nSPS) is 21.0. The standard InChI is InChI=1S/C35H32N4O8S/c1-4-46-32(41)28-29(33(42)47-5-2)37-34-35(19-27(31(40)45-3)39(34)48(43,44)24-11-7-6-8-12-24)25-13-9-10-14-26(25)38(30(28)35)21-23-17-15-22(20-36)16-18-23/h6-18,27,30H,4-5,19,21H2,1-3H3/t27-,30?,35-/m0/s1. The summed E-state index contributed by atoms with van der Waals surface area (Å²) in [6.45, 7) is 3.34. The van der Waals surface area contributed by atoms with Crippen molar-refractivity contribution in [2.24, 2.45) is 4.99 Å². The van der Waals surface area contributed by atoms with Crippen LogP contribution in [0.2, 0.25) is 0 Å². The lowest BCUT2D eigenvalue weighted by molar-refractivity contribution is -0.144. The zero-order valence-corrected chi connectivity index (χ0v) is 27.3. The molecule has 0 amide bonds. The summed E-state index contributed by atoms with van der Waals surface area (Å²) < 4.78 is 46.1. The lowest BCUT2D eigenvalue weighted by atomic mass is 9.69. The Bertz CT molecular complexity index is 2000. The van der Waals surface area contributed by atoms with Crippen molar-refractivity contribution >= 4 is 39.5 Å². The molecule has 1 fully saturated rings. The minimum absolute atomic E-state index is 0.0173. The number of aliphatic imine (C=N–C) groups is 1. The number of carbonyl (C=O) groups is 3. The molecule has 12 nitrogen and oxygen atoms in total. The van der Waals surface area contributed by atoms with E-state index in [1.54, 1.807) is 68.4 Å². The maximum Gasteiger partial charge on any atom is 0.357 e. The van der Waals surface area contributed by atoms with Gasteiger partial charge in [-0.2, -0.15) is 5.26 Å². The fraction of sp³-hybridized carbons (Fsp3) is 0.286. The van der Waals surface area contributed by atoms with Crippen LogP contribution in [0.25, 0.3) is 0 Å². The Kier molecular flexibility index (Phi) is 8.53. The van der Waals surface area contributed by atoms with E-state index in [0.717, 1.165) is 9.87 Å². The van der Waals surface area contributed by atoms with E-state index in [4.69, 9.17) is 14.2 Å². The second-order valence-corrected chi connectivity index (χ2v) is 13.1. The molecule has 0 radical (unpaired) electrons. The van der Waals surface area contributed by atoms with Gasteiger partial charge in [-0.1, -0.05) is 48.5 Å². The van der Waals surface area contributed by atoms with Gasteiger partial charge in [-0.15, -0.1) is 0 Å². The molecule has 1 spiro atoms. The molecule has 13 heteroatoms.